The highest BCUT2D eigenvalue weighted by molar-refractivity contribution is 5.91. The molecule has 1 atom stereocenters. The molecule has 0 aliphatic rings. The maximum atomic E-state index is 11.0. The van der Waals surface area contributed by atoms with E-state index in [0.29, 0.717) is 5.56 Å². The van der Waals surface area contributed by atoms with Gasteiger partial charge in [-0.1, -0.05) is 25.1 Å². The first-order valence-corrected chi connectivity index (χ1v) is 4.66. The number of hydrogen-bond donors (Lipinski definition) is 2. The zero-order valence-corrected chi connectivity index (χ0v) is 8.45. The van der Waals surface area contributed by atoms with Crippen molar-refractivity contribution in [2.24, 2.45) is 5.73 Å². The summed E-state index contributed by atoms with van der Waals surface area (Å²) in [4.78, 5) is 11.0. The van der Waals surface area contributed by atoms with E-state index in [4.69, 9.17) is 10.8 Å². The molecule has 1 aromatic rings. The van der Waals surface area contributed by atoms with Gasteiger partial charge in [-0.3, -0.25) is 0 Å². The molecule has 0 aromatic heterocycles. The third kappa shape index (κ3) is 1.93. The van der Waals surface area contributed by atoms with Gasteiger partial charge in [0.15, 0.2) is 0 Å². The van der Waals surface area contributed by atoms with Crippen LogP contribution in [0.1, 0.15) is 40.9 Å². The lowest BCUT2D eigenvalue weighted by molar-refractivity contribution is 0.0694. The van der Waals surface area contributed by atoms with Gasteiger partial charge in [0, 0.05) is 6.04 Å². The number of nitrogens with two attached hydrogens (primary N) is 1. The summed E-state index contributed by atoms with van der Waals surface area (Å²) in [6.07, 6.45) is 0.740. The third-order valence-electron chi connectivity index (χ3n) is 2.36. The highest BCUT2D eigenvalue weighted by atomic mass is 16.4. The number of carboxylic acid groups (broad SMARTS) is 1. The van der Waals surface area contributed by atoms with Crippen LogP contribution in [0.25, 0.3) is 0 Å². The van der Waals surface area contributed by atoms with Crippen molar-refractivity contribution in [3.63, 3.8) is 0 Å². The largest absolute Gasteiger partial charge is 0.478 e. The molecule has 0 spiro atoms. The smallest absolute Gasteiger partial charge is 0.336 e. The number of carboxylic acids is 1. The Kier molecular flexibility index (Phi) is 3.25. The molecule has 1 rings (SSSR count). The number of aryl methyl sites for hydroxylation is 1. The average molecular weight is 193 g/mol. The molecule has 0 aliphatic heterocycles. The van der Waals surface area contributed by atoms with E-state index in [0.717, 1.165) is 17.5 Å². The summed E-state index contributed by atoms with van der Waals surface area (Å²) >= 11 is 0. The minimum Gasteiger partial charge on any atom is -0.478 e. The molecule has 0 aliphatic carbocycles. The second kappa shape index (κ2) is 4.24. The van der Waals surface area contributed by atoms with Crippen molar-refractivity contribution in [2.75, 3.05) is 0 Å². The minimum absolute atomic E-state index is 0.194. The molecule has 1 unspecified atom stereocenters. The molecule has 0 bridgehead atoms. The highest BCUT2D eigenvalue weighted by Crippen LogP contribution is 2.21. The van der Waals surface area contributed by atoms with Gasteiger partial charge in [-0.25, -0.2) is 4.79 Å². The first kappa shape index (κ1) is 10.7. The standard InChI is InChI=1S/C11H15NO2/c1-3-9(12)8-6-4-5-7(2)10(8)11(13)14/h4-6,9H,3,12H2,1-2H3,(H,13,14). The van der Waals surface area contributed by atoms with Crippen molar-refractivity contribution in [1.29, 1.82) is 0 Å². The van der Waals surface area contributed by atoms with Crippen LogP contribution in [0.3, 0.4) is 0 Å². The van der Waals surface area contributed by atoms with Crippen molar-refractivity contribution in [3.05, 3.63) is 34.9 Å². The molecule has 0 amide bonds. The molecule has 0 saturated heterocycles. The second-order valence-corrected chi connectivity index (χ2v) is 3.36. The summed E-state index contributed by atoms with van der Waals surface area (Å²) in [6, 6.07) is 5.22. The lowest BCUT2D eigenvalue weighted by Gasteiger charge is -2.13. The van der Waals surface area contributed by atoms with Gasteiger partial charge < -0.3 is 10.8 Å². The minimum atomic E-state index is -0.901. The van der Waals surface area contributed by atoms with E-state index in [2.05, 4.69) is 0 Å². The summed E-state index contributed by atoms with van der Waals surface area (Å²) in [5.41, 5.74) is 7.67. The molecule has 0 radical (unpaired) electrons. The Hall–Kier alpha value is -1.35. The predicted molar refractivity (Wildman–Crippen MR) is 55.4 cm³/mol. The first-order chi connectivity index (χ1) is 6.57. The van der Waals surface area contributed by atoms with Crippen molar-refractivity contribution >= 4 is 5.97 Å². The summed E-state index contributed by atoms with van der Waals surface area (Å²) in [5, 5.41) is 9.04. The van der Waals surface area contributed by atoms with E-state index in [1.165, 1.54) is 0 Å². The van der Waals surface area contributed by atoms with Gasteiger partial charge in [-0.05, 0) is 24.5 Å². The Labute approximate surface area is 83.6 Å². The number of carbonyl (C=O) groups is 1. The molecule has 0 heterocycles. The number of hydrogen-bond acceptors (Lipinski definition) is 2. The van der Waals surface area contributed by atoms with Gasteiger partial charge in [0.2, 0.25) is 0 Å². The van der Waals surface area contributed by atoms with Crippen LogP contribution in [0.15, 0.2) is 18.2 Å². The van der Waals surface area contributed by atoms with Crippen LogP contribution in [0.4, 0.5) is 0 Å². The van der Waals surface area contributed by atoms with Gasteiger partial charge in [0.05, 0.1) is 5.56 Å². The van der Waals surface area contributed by atoms with Crippen LogP contribution in [0, 0.1) is 6.92 Å². The van der Waals surface area contributed by atoms with E-state index in [1.54, 1.807) is 19.1 Å². The molecule has 3 N–H and O–H groups in total. The quantitative estimate of drug-likeness (QED) is 0.772. The van der Waals surface area contributed by atoms with E-state index in [1.807, 2.05) is 13.0 Å². The van der Waals surface area contributed by atoms with Gasteiger partial charge >= 0.3 is 5.97 Å². The highest BCUT2D eigenvalue weighted by Gasteiger charge is 2.16. The van der Waals surface area contributed by atoms with Gasteiger partial charge in [0.1, 0.15) is 0 Å². The Morgan fingerprint density at radius 3 is 2.71 bits per heavy atom. The summed E-state index contributed by atoms with van der Waals surface area (Å²) < 4.78 is 0. The number of benzene rings is 1. The van der Waals surface area contributed by atoms with Crippen molar-refractivity contribution in [3.8, 4) is 0 Å². The van der Waals surface area contributed by atoms with Crippen LogP contribution in [0.2, 0.25) is 0 Å². The fraction of sp³-hybridized carbons (Fsp3) is 0.364. The molecule has 3 nitrogen and oxygen atoms in total. The van der Waals surface area contributed by atoms with E-state index >= 15 is 0 Å². The predicted octanol–water partition coefficient (Wildman–Crippen LogP) is 2.10. The summed E-state index contributed by atoms with van der Waals surface area (Å²) in [7, 11) is 0. The Bertz CT molecular complexity index is 347. The van der Waals surface area contributed by atoms with Gasteiger partial charge in [-0.2, -0.15) is 0 Å². The van der Waals surface area contributed by atoms with E-state index in [-0.39, 0.29) is 6.04 Å². The zero-order chi connectivity index (χ0) is 10.7. The lowest BCUT2D eigenvalue weighted by Crippen LogP contribution is -2.15. The maximum absolute atomic E-state index is 11.0. The molecule has 14 heavy (non-hydrogen) atoms. The van der Waals surface area contributed by atoms with Crippen LogP contribution in [-0.2, 0) is 0 Å². The topological polar surface area (TPSA) is 63.3 Å². The molecule has 1 aromatic carbocycles. The summed E-state index contributed by atoms with van der Waals surface area (Å²) in [6.45, 7) is 3.73. The lowest BCUT2D eigenvalue weighted by atomic mass is 9.95. The second-order valence-electron chi connectivity index (χ2n) is 3.36. The van der Waals surface area contributed by atoms with Gasteiger partial charge in [0.25, 0.3) is 0 Å². The fourth-order valence-electron chi connectivity index (χ4n) is 1.51. The van der Waals surface area contributed by atoms with Crippen molar-refractivity contribution in [2.45, 2.75) is 26.3 Å². The van der Waals surface area contributed by atoms with Crippen molar-refractivity contribution in [1.82, 2.24) is 0 Å². The van der Waals surface area contributed by atoms with E-state index in [9.17, 15) is 4.79 Å². The SMILES string of the molecule is CCC(N)c1cccc(C)c1C(=O)O. The average Bonchev–Trinajstić information content (AvgIpc) is 2.15. The monoisotopic (exact) mass is 193 g/mol. The molecule has 0 fully saturated rings. The molecular weight excluding hydrogens is 178 g/mol. The summed E-state index contributed by atoms with van der Waals surface area (Å²) in [5.74, 6) is -0.901. The molecule has 0 saturated carbocycles. The number of aromatic carboxylic acids is 1. The van der Waals surface area contributed by atoms with Crippen molar-refractivity contribution < 1.29 is 9.90 Å². The van der Waals surface area contributed by atoms with E-state index < -0.39 is 5.97 Å². The Morgan fingerprint density at radius 2 is 2.21 bits per heavy atom. The molecule has 76 valence electrons. The third-order valence-corrected chi connectivity index (χ3v) is 2.36. The van der Waals surface area contributed by atoms with Crippen LogP contribution in [-0.4, -0.2) is 11.1 Å². The van der Waals surface area contributed by atoms with Crippen LogP contribution >= 0.6 is 0 Å². The molecule has 3 heteroatoms. The maximum Gasteiger partial charge on any atom is 0.336 e. The van der Waals surface area contributed by atoms with Gasteiger partial charge in [-0.15, -0.1) is 0 Å². The van der Waals surface area contributed by atoms with Crippen LogP contribution in [0.5, 0.6) is 0 Å². The Balaban J connectivity index is 3.28. The van der Waals surface area contributed by atoms with Crippen LogP contribution < -0.4 is 5.73 Å². The Morgan fingerprint density at radius 1 is 1.57 bits per heavy atom. The fourth-order valence-corrected chi connectivity index (χ4v) is 1.51. The normalized spacial score (nSPS) is 12.5. The zero-order valence-electron chi connectivity index (χ0n) is 8.45. The number of rotatable bonds is 3. The first-order valence-electron chi connectivity index (χ1n) is 4.66. The molecular formula is C11H15NO2.